The first kappa shape index (κ1) is 23.9. The summed E-state index contributed by atoms with van der Waals surface area (Å²) in [5.74, 6) is -0.652. The van der Waals surface area contributed by atoms with E-state index in [1.807, 2.05) is 13.0 Å². The molecule has 0 saturated carbocycles. The standard InChI is InChI=1S/C26H19F3N6O2/c1-15-23-20(16-2-6-18(27)7-3-16)10-12-30-24(23)35(34-15)14-22(36)33-26-31-13-11-21(32-26)17-4-8-19(9-5-17)37-25(28)29/h2-13,25H,14H2,1H3,(H,31,32,33,36). The molecular weight excluding hydrogens is 485 g/mol. The van der Waals surface area contributed by atoms with Crippen LogP contribution in [0.25, 0.3) is 33.4 Å². The summed E-state index contributed by atoms with van der Waals surface area (Å²) in [6.07, 6.45) is 3.09. The molecule has 5 rings (SSSR count). The van der Waals surface area contributed by atoms with Gasteiger partial charge in [0.25, 0.3) is 0 Å². The average molecular weight is 504 g/mol. The Bertz CT molecular complexity index is 1570. The maximum absolute atomic E-state index is 13.4. The minimum absolute atomic E-state index is 0.0271. The SMILES string of the molecule is Cc1nn(CC(=O)Nc2nccc(-c3ccc(OC(F)F)cc3)n2)c2nccc(-c3ccc(F)cc3)c12. The van der Waals surface area contributed by atoms with E-state index in [9.17, 15) is 18.0 Å². The largest absolute Gasteiger partial charge is 0.435 e. The molecule has 0 spiro atoms. The molecule has 2 aromatic carbocycles. The molecule has 0 radical (unpaired) electrons. The van der Waals surface area contributed by atoms with Crippen molar-refractivity contribution in [3.63, 3.8) is 0 Å². The number of alkyl halides is 2. The number of rotatable bonds is 7. The van der Waals surface area contributed by atoms with Gasteiger partial charge in [0.2, 0.25) is 11.9 Å². The number of anilines is 1. The van der Waals surface area contributed by atoms with E-state index in [1.165, 1.54) is 35.1 Å². The lowest BCUT2D eigenvalue weighted by Crippen LogP contribution is -2.21. The summed E-state index contributed by atoms with van der Waals surface area (Å²) in [7, 11) is 0. The van der Waals surface area contributed by atoms with Crippen molar-refractivity contribution in [3.05, 3.63) is 84.6 Å². The average Bonchev–Trinajstić information content (AvgIpc) is 3.20. The first-order valence-corrected chi connectivity index (χ1v) is 11.1. The normalized spacial score (nSPS) is 11.2. The van der Waals surface area contributed by atoms with Crippen LogP contribution in [0.2, 0.25) is 0 Å². The van der Waals surface area contributed by atoms with E-state index in [1.54, 1.807) is 36.5 Å². The molecule has 0 aliphatic carbocycles. The molecule has 1 N–H and O–H groups in total. The zero-order chi connectivity index (χ0) is 25.9. The number of pyridine rings is 1. The number of fused-ring (bicyclic) bond motifs is 1. The number of hydrogen-bond acceptors (Lipinski definition) is 6. The van der Waals surface area contributed by atoms with E-state index in [-0.39, 0.29) is 24.1 Å². The van der Waals surface area contributed by atoms with Gasteiger partial charge < -0.3 is 4.74 Å². The number of aromatic nitrogens is 5. The molecule has 0 bridgehead atoms. The number of benzene rings is 2. The molecule has 37 heavy (non-hydrogen) atoms. The molecule has 1 amide bonds. The van der Waals surface area contributed by atoms with Crippen LogP contribution in [0.15, 0.2) is 73.1 Å². The lowest BCUT2D eigenvalue weighted by molar-refractivity contribution is -0.116. The van der Waals surface area contributed by atoms with Crippen molar-refractivity contribution < 1.29 is 22.7 Å². The molecular formula is C26H19F3N6O2. The lowest BCUT2D eigenvalue weighted by atomic mass is 10.0. The Morgan fingerprint density at radius 2 is 1.68 bits per heavy atom. The molecule has 0 fully saturated rings. The highest BCUT2D eigenvalue weighted by Crippen LogP contribution is 2.30. The number of carbonyl (C=O) groups excluding carboxylic acids is 1. The fraction of sp³-hybridized carbons (Fsp3) is 0.115. The highest BCUT2D eigenvalue weighted by Gasteiger charge is 2.17. The van der Waals surface area contributed by atoms with Gasteiger partial charge in [0.05, 0.1) is 11.4 Å². The monoisotopic (exact) mass is 504 g/mol. The van der Waals surface area contributed by atoms with Crippen LogP contribution >= 0.6 is 0 Å². The summed E-state index contributed by atoms with van der Waals surface area (Å²) in [6.45, 7) is -1.24. The summed E-state index contributed by atoms with van der Waals surface area (Å²) in [4.78, 5) is 25.6. The van der Waals surface area contributed by atoms with Crippen molar-refractivity contribution in [1.82, 2.24) is 24.7 Å². The molecule has 0 unspecified atom stereocenters. The first-order chi connectivity index (χ1) is 17.9. The Morgan fingerprint density at radius 1 is 0.973 bits per heavy atom. The second-order valence-electron chi connectivity index (χ2n) is 8.02. The van der Waals surface area contributed by atoms with Crippen molar-refractivity contribution in [2.45, 2.75) is 20.1 Å². The second-order valence-corrected chi connectivity index (χ2v) is 8.02. The molecule has 0 atom stereocenters. The number of hydrogen-bond donors (Lipinski definition) is 1. The van der Waals surface area contributed by atoms with Gasteiger partial charge in [-0.15, -0.1) is 0 Å². The van der Waals surface area contributed by atoms with E-state index in [2.05, 4.69) is 30.1 Å². The van der Waals surface area contributed by atoms with Crippen LogP contribution in [0.1, 0.15) is 5.69 Å². The van der Waals surface area contributed by atoms with Gasteiger partial charge in [-0.3, -0.25) is 10.1 Å². The minimum atomic E-state index is -2.91. The Balaban J connectivity index is 1.34. The number of ether oxygens (including phenoxy) is 1. The van der Waals surface area contributed by atoms with Gasteiger partial charge in [-0.25, -0.2) is 24.0 Å². The zero-order valence-electron chi connectivity index (χ0n) is 19.4. The van der Waals surface area contributed by atoms with Crippen LogP contribution in [-0.2, 0) is 11.3 Å². The van der Waals surface area contributed by atoms with Gasteiger partial charge in [0, 0.05) is 23.3 Å². The Morgan fingerprint density at radius 3 is 2.41 bits per heavy atom. The van der Waals surface area contributed by atoms with Crippen molar-refractivity contribution >= 4 is 22.9 Å². The number of amides is 1. The van der Waals surface area contributed by atoms with Crippen molar-refractivity contribution in [2.24, 2.45) is 0 Å². The van der Waals surface area contributed by atoms with Crippen LogP contribution in [-0.4, -0.2) is 37.3 Å². The van der Waals surface area contributed by atoms with Gasteiger partial charge in [-0.1, -0.05) is 12.1 Å². The third-order valence-electron chi connectivity index (χ3n) is 5.54. The Kier molecular flexibility index (Phi) is 6.50. The van der Waals surface area contributed by atoms with Crippen LogP contribution in [0.5, 0.6) is 5.75 Å². The van der Waals surface area contributed by atoms with E-state index in [4.69, 9.17) is 0 Å². The van der Waals surface area contributed by atoms with Crippen LogP contribution in [0, 0.1) is 12.7 Å². The highest BCUT2D eigenvalue weighted by molar-refractivity contribution is 5.96. The molecule has 3 heterocycles. The van der Waals surface area contributed by atoms with Crippen molar-refractivity contribution in [2.75, 3.05) is 5.32 Å². The molecule has 5 aromatic rings. The van der Waals surface area contributed by atoms with E-state index < -0.39 is 12.5 Å². The smallest absolute Gasteiger partial charge is 0.387 e. The fourth-order valence-corrected chi connectivity index (χ4v) is 3.95. The third-order valence-corrected chi connectivity index (χ3v) is 5.54. The summed E-state index contributed by atoms with van der Waals surface area (Å²) in [5, 5.41) is 7.89. The van der Waals surface area contributed by atoms with Crippen LogP contribution < -0.4 is 10.1 Å². The Labute approximate surface area is 208 Å². The van der Waals surface area contributed by atoms with Gasteiger partial charge in [0.1, 0.15) is 18.1 Å². The molecule has 0 aliphatic heterocycles. The fourth-order valence-electron chi connectivity index (χ4n) is 3.95. The van der Waals surface area contributed by atoms with Crippen molar-refractivity contribution in [1.29, 1.82) is 0 Å². The van der Waals surface area contributed by atoms with Crippen LogP contribution in [0.4, 0.5) is 19.1 Å². The zero-order valence-corrected chi connectivity index (χ0v) is 19.4. The van der Waals surface area contributed by atoms with E-state index in [0.717, 1.165) is 16.5 Å². The predicted molar refractivity (Wildman–Crippen MR) is 130 cm³/mol. The first-order valence-electron chi connectivity index (χ1n) is 11.1. The third kappa shape index (κ3) is 5.25. The van der Waals surface area contributed by atoms with Gasteiger partial charge in [-0.05, 0) is 66.6 Å². The number of aryl methyl sites for hydroxylation is 1. The number of nitrogens with one attached hydrogen (secondary N) is 1. The second kappa shape index (κ2) is 10.1. The molecule has 0 saturated heterocycles. The van der Waals surface area contributed by atoms with E-state index >= 15 is 0 Å². The highest BCUT2D eigenvalue weighted by atomic mass is 19.3. The minimum Gasteiger partial charge on any atom is -0.435 e. The van der Waals surface area contributed by atoms with Crippen LogP contribution in [0.3, 0.4) is 0 Å². The lowest BCUT2D eigenvalue weighted by Gasteiger charge is -2.08. The van der Waals surface area contributed by atoms with Gasteiger partial charge >= 0.3 is 6.61 Å². The quantitative estimate of drug-likeness (QED) is 0.326. The summed E-state index contributed by atoms with van der Waals surface area (Å²) in [6, 6.07) is 15.5. The summed E-state index contributed by atoms with van der Waals surface area (Å²) >= 11 is 0. The molecule has 0 aliphatic rings. The number of nitrogens with zero attached hydrogens (tertiary/aromatic N) is 5. The topological polar surface area (TPSA) is 94.8 Å². The van der Waals surface area contributed by atoms with Crippen molar-refractivity contribution in [3.8, 4) is 28.1 Å². The molecule has 186 valence electrons. The maximum Gasteiger partial charge on any atom is 0.387 e. The predicted octanol–water partition coefficient (Wildman–Crippen LogP) is 5.24. The summed E-state index contributed by atoms with van der Waals surface area (Å²) < 4.78 is 44.0. The Hall–Kier alpha value is -4.80. The molecule has 3 aromatic heterocycles. The van der Waals surface area contributed by atoms with Gasteiger partial charge in [0.15, 0.2) is 5.65 Å². The number of carbonyl (C=O) groups is 1. The molecule has 8 nitrogen and oxygen atoms in total. The van der Waals surface area contributed by atoms with E-state index in [0.29, 0.717) is 22.6 Å². The van der Waals surface area contributed by atoms with Gasteiger partial charge in [-0.2, -0.15) is 13.9 Å². The number of halogens is 3. The maximum atomic E-state index is 13.4. The summed E-state index contributed by atoms with van der Waals surface area (Å²) in [5.41, 5.74) is 3.93. The molecule has 11 heteroatoms.